The Balaban J connectivity index is 1.77. The number of aliphatic hydroxyl groups is 1. The Labute approximate surface area is 148 Å². The van der Waals surface area contributed by atoms with Crippen molar-refractivity contribution < 1.29 is 10.2 Å². The third-order valence-corrected chi connectivity index (χ3v) is 4.69. The molecule has 1 aliphatic rings. The lowest BCUT2D eigenvalue weighted by Gasteiger charge is -2.22. The summed E-state index contributed by atoms with van der Waals surface area (Å²) >= 11 is 0. The molecule has 2 aromatic rings. The van der Waals surface area contributed by atoms with Crippen LogP contribution in [-0.2, 0) is 6.61 Å². The summed E-state index contributed by atoms with van der Waals surface area (Å²) in [6.07, 6.45) is 8.31. The van der Waals surface area contributed by atoms with Gasteiger partial charge in [-0.3, -0.25) is 9.98 Å². The normalized spacial score (nSPS) is 15.5. The molecular formula is C20H25N3O2. The van der Waals surface area contributed by atoms with E-state index >= 15 is 0 Å². The van der Waals surface area contributed by atoms with Gasteiger partial charge in [0.05, 0.1) is 18.0 Å². The third-order valence-electron chi connectivity index (χ3n) is 4.69. The molecule has 0 bridgehead atoms. The molecule has 0 saturated carbocycles. The quantitative estimate of drug-likeness (QED) is 0.833. The second-order valence-electron chi connectivity index (χ2n) is 6.47. The molecule has 0 unspecified atom stereocenters. The first-order valence-electron chi connectivity index (χ1n) is 8.86. The van der Waals surface area contributed by atoms with E-state index in [0.29, 0.717) is 16.8 Å². The minimum absolute atomic E-state index is 0.0662. The standard InChI is InChI=1S/C20H25N3O2/c1-15-20(25)19(16(14-24)12-21-15)13-22-17-6-8-18(9-7-17)23-10-4-2-3-5-11-23/h6-9,12-13,24-25H,2-5,10-11,14H2,1H3. The summed E-state index contributed by atoms with van der Waals surface area (Å²) in [6.45, 7) is 3.78. The van der Waals surface area contributed by atoms with Gasteiger partial charge in [-0.1, -0.05) is 12.8 Å². The van der Waals surface area contributed by atoms with E-state index in [4.69, 9.17) is 0 Å². The molecule has 0 amide bonds. The number of aryl methyl sites for hydroxylation is 1. The number of aromatic nitrogens is 1. The van der Waals surface area contributed by atoms with Crippen LogP contribution in [0, 0.1) is 6.92 Å². The number of anilines is 1. The van der Waals surface area contributed by atoms with Crippen LogP contribution in [0.15, 0.2) is 35.5 Å². The molecule has 1 saturated heterocycles. The van der Waals surface area contributed by atoms with Gasteiger partial charge in [-0.15, -0.1) is 0 Å². The highest BCUT2D eigenvalue weighted by molar-refractivity contribution is 5.87. The molecule has 0 radical (unpaired) electrons. The number of hydrogen-bond donors (Lipinski definition) is 2. The minimum atomic E-state index is -0.184. The summed E-state index contributed by atoms with van der Waals surface area (Å²) in [5, 5.41) is 19.6. The van der Waals surface area contributed by atoms with Gasteiger partial charge in [-0.2, -0.15) is 0 Å². The summed E-state index contributed by atoms with van der Waals surface area (Å²) < 4.78 is 0. The van der Waals surface area contributed by atoms with Crippen LogP contribution in [0.5, 0.6) is 5.75 Å². The Morgan fingerprint density at radius 3 is 2.44 bits per heavy atom. The maximum absolute atomic E-state index is 10.2. The molecule has 0 atom stereocenters. The number of pyridine rings is 1. The van der Waals surface area contributed by atoms with Crippen molar-refractivity contribution >= 4 is 17.6 Å². The van der Waals surface area contributed by atoms with Gasteiger partial charge in [-0.25, -0.2) is 0 Å². The fourth-order valence-corrected chi connectivity index (χ4v) is 3.14. The van der Waals surface area contributed by atoms with Crippen LogP contribution < -0.4 is 4.90 Å². The highest BCUT2D eigenvalue weighted by Crippen LogP contribution is 2.25. The summed E-state index contributed by atoms with van der Waals surface area (Å²) in [5.41, 5.74) is 3.66. The number of aliphatic hydroxyl groups excluding tert-OH is 1. The predicted molar refractivity (Wildman–Crippen MR) is 101 cm³/mol. The first-order chi connectivity index (χ1) is 12.2. The molecule has 0 aliphatic carbocycles. The average Bonchev–Trinajstić information content (AvgIpc) is 2.93. The molecule has 132 valence electrons. The van der Waals surface area contributed by atoms with Crippen molar-refractivity contribution in [3.8, 4) is 5.75 Å². The van der Waals surface area contributed by atoms with E-state index < -0.39 is 0 Å². The smallest absolute Gasteiger partial charge is 0.145 e. The fraction of sp³-hybridized carbons (Fsp3) is 0.400. The van der Waals surface area contributed by atoms with Gasteiger partial charge >= 0.3 is 0 Å². The van der Waals surface area contributed by atoms with Crippen molar-refractivity contribution in [3.05, 3.63) is 47.3 Å². The average molecular weight is 339 g/mol. The van der Waals surface area contributed by atoms with Crippen LogP contribution in [0.4, 0.5) is 11.4 Å². The number of aromatic hydroxyl groups is 1. The fourth-order valence-electron chi connectivity index (χ4n) is 3.14. The third kappa shape index (κ3) is 4.17. The van der Waals surface area contributed by atoms with Gasteiger partial charge in [0.25, 0.3) is 0 Å². The van der Waals surface area contributed by atoms with Gasteiger partial charge in [0, 0.05) is 42.3 Å². The Morgan fingerprint density at radius 2 is 1.80 bits per heavy atom. The molecular weight excluding hydrogens is 314 g/mol. The lowest BCUT2D eigenvalue weighted by molar-refractivity contribution is 0.280. The second kappa shape index (κ2) is 8.12. The van der Waals surface area contributed by atoms with E-state index in [1.807, 2.05) is 12.1 Å². The van der Waals surface area contributed by atoms with E-state index in [1.54, 1.807) is 19.3 Å². The highest BCUT2D eigenvalue weighted by Gasteiger charge is 2.10. The number of rotatable bonds is 4. The molecule has 1 aromatic heterocycles. The molecule has 2 heterocycles. The Morgan fingerprint density at radius 1 is 1.12 bits per heavy atom. The lowest BCUT2D eigenvalue weighted by Crippen LogP contribution is -2.23. The molecule has 1 fully saturated rings. The number of nitrogens with zero attached hydrogens (tertiary/aromatic N) is 3. The maximum atomic E-state index is 10.2. The van der Waals surface area contributed by atoms with Gasteiger partial charge in [0.2, 0.25) is 0 Å². The SMILES string of the molecule is Cc1ncc(CO)c(C=Nc2ccc(N3CCCCCC3)cc2)c1O. The summed E-state index contributed by atoms with van der Waals surface area (Å²) in [6, 6.07) is 8.17. The first kappa shape index (κ1) is 17.4. The van der Waals surface area contributed by atoms with E-state index in [1.165, 1.54) is 31.4 Å². The Kier molecular flexibility index (Phi) is 5.66. The summed E-state index contributed by atoms with van der Waals surface area (Å²) in [4.78, 5) is 10.9. The minimum Gasteiger partial charge on any atom is -0.505 e. The maximum Gasteiger partial charge on any atom is 0.145 e. The topological polar surface area (TPSA) is 69.0 Å². The van der Waals surface area contributed by atoms with Crippen LogP contribution in [0.2, 0.25) is 0 Å². The van der Waals surface area contributed by atoms with Crippen molar-refractivity contribution in [1.29, 1.82) is 0 Å². The molecule has 0 spiro atoms. The van der Waals surface area contributed by atoms with Crippen molar-refractivity contribution in [2.24, 2.45) is 4.99 Å². The van der Waals surface area contributed by atoms with E-state index in [2.05, 4.69) is 27.0 Å². The molecule has 5 nitrogen and oxygen atoms in total. The molecule has 1 aliphatic heterocycles. The largest absolute Gasteiger partial charge is 0.505 e. The van der Waals surface area contributed by atoms with Crippen LogP contribution in [0.1, 0.15) is 42.5 Å². The predicted octanol–water partition coefficient (Wildman–Crippen LogP) is 3.72. The monoisotopic (exact) mass is 339 g/mol. The van der Waals surface area contributed by atoms with Crippen molar-refractivity contribution in [2.45, 2.75) is 39.2 Å². The molecule has 1 aromatic carbocycles. The molecule has 5 heteroatoms. The zero-order chi connectivity index (χ0) is 17.6. The number of benzene rings is 1. The number of aliphatic imine (C=N–C) groups is 1. The van der Waals surface area contributed by atoms with E-state index in [9.17, 15) is 10.2 Å². The van der Waals surface area contributed by atoms with Crippen molar-refractivity contribution in [2.75, 3.05) is 18.0 Å². The van der Waals surface area contributed by atoms with Crippen LogP contribution in [-0.4, -0.2) is 34.5 Å². The summed E-state index contributed by atoms with van der Waals surface area (Å²) in [5.74, 6) is 0.0662. The lowest BCUT2D eigenvalue weighted by atomic mass is 10.1. The van der Waals surface area contributed by atoms with Crippen molar-refractivity contribution in [3.63, 3.8) is 0 Å². The molecule has 2 N–H and O–H groups in total. The molecule has 3 rings (SSSR count). The highest BCUT2D eigenvalue weighted by atomic mass is 16.3. The number of hydrogen-bond acceptors (Lipinski definition) is 5. The molecule has 25 heavy (non-hydrogen) atoms. The Bertz CT molecular complexity index is 733. The van der Waals surface area contributed by atoms with E-state index in [0.717, 1.165) is 18.8 Å². The Hall–Kier alpha value is -2.40. The van der Waals surface area contributed by atoms with Crippen molar-refractivity contribution in [1.82, 2.24) is 4.98 Å². The second-order valence-corrected chi connectivity index (χ2v) is 6.47. The van der Waals surface area contributed by atoms with Gasteiger partial charge < -0.3 is 15.1 Å². The van der Waals surface area contributed by atoms with Crippen LogP contribution in [0.25, 0.3) is 0 Å². The van der Waals surface area contributed by atoms with E-state index in [-0.39, 0.29) is 12.4 Å². The van der Waals surface area contributed by atoms with Crippen LogP contribution >= 0.6 is 0 Å². The van der Waals surface area contributed by atoms with Gasteiger partial charge in [0.15, 0.2) is 0 Å². The summed E-state index contributed by atoms with van der Waals surface area (Å²) in [7, 11) is 0. The zero-order valence-corrected chi connectivity index (χ0v) is 14.6. The van der Waals surface area contributed by atoms with Gasteiger partial charge in [-0.05, 0) is 44.0 Å². The zero-order valence-electron chi connectivity index (χ0n) is 14.6. The van der Waals surface area contributed by atoms with Gasteiger partial charge in [0.1, 0.15) is 5.75 Å². The van der Waals surface area contributed by atoms with Crippen LogP contribution in [0.3, 0.4) is 0 Å². The first-order valence-corrected chi connectivity index (χ1v) is 8.86.